The fraction of sp³-hybridized carbons (Fsp3) is 0.684. The zero-order chi connectivity index (χ0) is 14.8. The molecule has 1 aromatic rings. The van der Waals surface area contributed by atoms with Gasteiger partial charge in [0, 0.05) is 0 Å². The van der Waals surface area contributed by atoms with Crippen molar-refractivity contribution in [3.8, 4) is 0 Å². The topological polar surface area (TPSA) is 20.2 Å². The molecule has 0 aliphatic heterocycles. The average Bonchev–Trinajstić information content (AvgIpc) is 2.46. The molecule has 0 aromatic heterocycles. The minimum atomic E-state index is 0.174. The van der Waals surface area contributed by atoms with E-state index in [1.54, 1.807) is 0 Å². The first kappa shape index (κ1) is 17.2. The molecule has 0 spiro atoms. The van der Waals surface area contributed by atoms with Gasteiger partial charge in [0.25, 0.3) is 0 Å². The van der Waals surface area contributed by atoms with Crippen LogP contribution >= 0.6 is 0 Å². The van der Waals surface area contributed by atoms with Crippen molar-refractivity contribution in [2.24, 2.45) is 0 Å². The summed E-state index contributed by atoms with van der Waals surface area (Å²) in [6.07, 6.45) is 12.0. The highest BCUT2D eigenvalue weighted by Gasteiger charge is 2.07. The fourth-order valence-corrected chi connectivity index (χ4v) is 2.86. The van der Waals surface area contributed by atoms with Gasteiger partial charge in [0.2, 0.25) is 0 Å². The second-order valence-corrected chi connectivity index (χ2v) is 6.03. The Bertz CT molecular complexity index is 382. The third kappa shape index (κ3) is 5.66. The lowest BCUT2D eigenvalue weighted by Gasteiger charge is -2.13. The van der Waals surface area contributed by atoms with Crippen molar-refractivity contribution in [2.75, 3.05) is 0 Å². The van der Waals surface area contributed by atoms with E-state index in [-0.39, 0.29) is 6.61 Å². The van der Waals surface area contributed by atoms with Gasteiger partial charge < -0.3 is 5.11 Å². The second kappa shape index (κ2) is 9.99. The minimum absolute atomic E-state index is 0.174. The van der Waals surface area contributed by atoms with Gasteiger partial charge >= 0.3 is 0 Å². The van der Waals surface area contributed by atoms with Gasteiger partial charge in [-0.15, -0.1) is 0 Å². The van der Waals surface area contributed by atoms with Crippen LogP contribution in [-0.4, -0.2) is 5.11 Å². The van der Waals surface area contributed by atoms with Gasteiger partial charge in [0.1, 0.15) is 0 Å². The quantitative estimate of drug-likeness (QED) is 0.561. The van der Waals surface area contributed by atoms with Crippen molar-refractivity contribution >= 4 is 0 Å². The van der Waals surface area contributed by atoms with Crippen molar-refractivity contribution in [1.82, 2.24) is 0 Å². The maximum Gasteiger partial charge on any atom is 0.0684 e. The lowest BCUT2D eigenvalue weighted by atomic mass is 9.93. The van der Waals surface area contributed by atoms with Gasteiger partial charge in [-0.05, 0) is 48.9 Å². The fourth-order valence-electron chi connectivity index (χ4n) is 2.86. The largest absolute Gasteiger partial charge is 0.392 e. The van der Waals surface area contributed by atoms with Crippen LogP contribution in [0.2, 0.25) is 0 Å². The van der Waals surface area contributed by atoms with Crippen molar-refractivity contribution in [3.05, 3.63) is 34.4 Å². The molecule has 20 heavy (non-hydrogen) atoms. The molecule has 114 valence electrons. The lowest BCUT2D eigenvalue weighted by Crippen LogP contribution is -2.00. The van der Waals surface area contributed by atoms with Crippen molar-refractivity contribution in [1.29, 1.82) is 0 Å². The molecular weight excluding hydrogens is 244 g/mol. The van der Waals surface area contributed by atoms with Gasteiger partial charge in [-0.1, -0.05) is 64.0 Å². The van der Waals surface area contributed by atoms with Crippen LogP contribution in [0.4, 0.5) is 0 Å². The van der Waals surface area contributed by atoms with Gasteiger partial charge in [-0.2, -0.15) is 0 Å². The van der Waals surface area contributed by atoms with Gasteiger partial charge in [-0.3, -0.25) is 0 Å². The average molecular weight is 276 g/mol. The third-order valence-corrected chi connectivity index (χ3v) is 4.42. The first-order valence-electron chi connectivity index (χ1n) is 8.39. The van der Waals surface area contributed by atoms with Crippen LogP contribution < -0.4 is 0 Å². The van der Waals surface area contributed by atoms with E-state index < -0.39 is 0 Å². The summed E-state index contributed by atoms with van der Waals surface area (Å²) < 4.78 is 0. The predicted molar refractivity (Wildman–Crippen MR) is 88.2 cm³/mol. The molecule has 1 N–H and O–H groups in total. The van der Waals surface area contributed by atoms with E-state index in [1.165, 1.54) is 68.1 Å². The third-order valence-electron chi connectivity index (χ3n) is 4.42. The molecule has 0 radical (unpaired) electrons. The summed E-state index contributed by atoms with van der Waals surface area (Å²) in [7, 11) is 0. The summed E-state index contributed by atoms with van der Waals surface area (Å²) in [6, 6.07) is 4.21. The smallest absolute Gasteiger partial charge is 0.0684 e. The highest BCUT2D eigenvalue weighted by atomic mass is 16.3. The number of aryl methyl sites for hydroxylation is 1. The number of aliphatic hydroxyl groups excluding tert-OH is 1. The molecule has 0 fully saturated rings. The highest BCUT2D eigenvalue weighted by Crippen LogP contribution is 2.21. The molecular formula is C19H32O. The van der Waals surface area contributed by atoms with Crippen LogP contribution in [0.3, 0.4) is 0 Å². The molecule has 1 heteroatoms. The Morgan fingerprint density at radius 2 is 1.45 bits per heavy atom. The zero-order valence-corrected chi connectivity index (χ0v) is 13.7. The normalized spacial score (nSPS) is 11.0. The molecule has 0 amide bonds. The lowest BCUT2D eigenvalue weighted by molar-refractivity contribution is 0.280. The summed E-state index contributed by atoms with van der Waals surface area (Å²) in [6.45, 7) is 6.79. The van der Waals surface area contributed by atoms with Crippen molar-refractivity contribution < 1.29 is 5.11 Å². The second-order valence-electron chi connectivity index (χ2n) is 6.03. The molecule has 0 saturated carbocycles. The first-order chi connectivity index (χ1) is 9.70. The maximum atomic E-state index is 9.46. The monoisotopic (exact) mass is 276 g/mol. The first-order valence-corrected chi connectivity index (χ1v) is 8.39. The number of aliphatic hydroxyl groups is 1. The van der Waals surface area contributed by atoms with E-state index in [4.69, 9.17) is 0 Å². The van der Waals surface area contributed by atoms with E-state index in [2.05, 4.69) is 32.9 Å². The molecule has 0 atom stereocenters. The minimum Gasteiger partial charge on any atom is -0.392 e. The Balaban J connectivity index is 2.30. The van der Waals surface area contributed by atoms with Gasteiger partial charge in [0.15, 0.2) is 0 Å². The van der Waals surface area contributed by atoms with Crippen LogP contribution in [-0.2, 0) is 13.0 Å². The van der Waals surface area contributed by atoms with E-state index in [1.807, 2.05) is 0 Å². The molecule has 1 rings (SSSR count). The Morgan fingerprint density at radius 1 is 0.850 bits per heavy atom. The van der Waals surface area contributed by atoms with Gasteiger partial charge in [-0.25, -0.2) is 0 Å². The Hall–Kier alpha value is -0.820. The summed E-state index contributed by atoms with van der Waals surface area (Å²) in [4.78, 5) is 0. The summed E-state index contributed by atoms with van der Waals surface area (Å²) in [5, 5.41) is 9.46. The summed E-state index contributed by atoms with van der Waals surface area (Å²) in [5.41, 5.74) is 5.23. The Kier molecular flexibility index (Phi) is 8.60. The number of unbranched alkanes of at least 4 members (excludes halogenated alkanes) is 7. The number of rotatable bonds is 10. The summed E-state index contributed by atoms with van der Waals surface area (Å²) >= 11 is 0. The number of hydrogen-bond donors (Lipinski definition) is 1. The zero-order valence-electron chi connectivity index (χ0n) is 13.7. The molecule has 0 unspecified atom stereocenters. The SMILES string of the molecule is CCCCCCCCCCc1c(CO)ccc(C)c1C. The number of hydrogen-bond acceptors (Lipinski definition) is 1. The molecule has 1 nitrogen and oxygen atoms in total. The van der Waals surface area contributed by atoms with Crippen LogP contribution in [0.1, 0.15) is 80.5 Å². The van der Waals surface area contributed by atoms with Crippen LogP contribution in [0, 0.1) is 13.8 Å². The molecule has 1 aromatic carbocycles. The van der Waals surface area contributed by atoms with Crippen LogP contribution in [0.5, 0.6) is 0 Å². The molecule has 0 heterocycles. The van der Waals surface area contributed by atoms with E-state index in [0.29, 0.717) is 0 Å². The van der Waals surface area contributed by atoms with Gasteiger partial charge in [0.05, 0.1) is 6.61 Å². The highest BCUT2D eigenvalue weighted by molar-refractivity contribution is 5.39. The molecule has 0 bridgehead atoms. The molecule has 0 saturated heterocycles. The van der Waals surface area contributed by atoms with E-state index in [0.717, 1.165) is 12.0 Å². The van der Waals surface area contributed by atoms with E-state index in [9.17, 15) is 5.11 Å². The predicted octanol–water partition coefficient (Wildman–Crippen LogP) is 5.48. The Labute approximate surface area is 125 Å². The maximum absolute atomic E-state index is 9.46. The molecule has 0 aliphatic carbocycles. The number of benzene rings is 1. The van der Waals surface area contributed by atoms with Crippen LogP contribution in [0.15, 0.2) is 12.1 Å². The molecule has 0 aliphatic rings. The van der Waals surface area contributed by atoms with E-state index >= 15 is 0 Å². The standard InChI is InChI=1S/C19H32O/c1-4-5-6-7-8-9-10-11-12-19-17(3)16(2)13-14-18(19)15-20/h13-14,20H,4-12,15H2,1-3H3. The van der Waals surface area contributed by atoms with Crippen molar-refractivity contribution in [3.63, 3.8) is 0 Å². The van der Waals surface area contributed by atoms with Crippen molar-refractivity contribution in [2.45, 2.75) is 85.2 Å². The summed E-state index contributed by atoms with van der Waals surface area (Å²) in [5.74, 6) is 0. The Morgan fingerprint density at radius 3 is 2.05 bits per heavy atom. The van der Waals surface area contributed by atoms with Crippen LogP contribution in [0.25, 0.3) is 0 Å².